The molecule has 0 saturated carbocycles. The van der Waals surface area contributed by atoms with Gasteiger partial charge in [0.25, 0.3) is 0 Å². The monoisotopic (exact) mass is 344 g/mol. The second kappa shape index (κ2) is 11.0. The lowest BCUT2D eigenvalue weighted by molar-refractivity contribution is -0.143. The van der Waals surface area contributed by atoms with Crippen molar-refractivity contribution in [1.29, 1.82) is 0 Å². The van der Waals surface area contributed by atoms with Crippen LogP contribution in [0.15, 0.2) is 35.9 Å². The van der Waals surface area contributed by atoms with Gasteiger partial charge in [0, 0.05) is 6.42 Å². The highest BCUT2D eigenvalue weighted by atomic mass is 16.5. The minimum atomic E-state index is -0.0753. The van der Waals surface area contributed by atoms with E-state index in [1.807, 2.05) is 19.1 Å². The lowest BCUT2D eigenvalue weighted by Gasteiger charge is -2.22. The number of benzene rings is 1. The van der Waals surface area contributed by atoms with Gasteiger partial charge in [0.15, 0.2) is 0 Å². The molecule has 3 nitrogen and oxygen atoms in total. The summed E-state index contributed by atoms with van der Waals surface area (Å²) in [5, 5.41) is 0. The number of carbonyl (C=O) groups is 1. The molecule has 0 radical (unpaired) electrons. The van der Waals surface area contributed by atoms with Gasteiger partial charge in [-0.05, 0) is 69.1 Å². The number of allylic oxidation sites excluding steroid dienone is 2. The number of hydrogen-bond donors (Lipinski definition) is 0. The molecule has 0 bridgehead atoms. The van der Waals surface area contributed by atoms with Crippen LogP contribution in [0.25, 0.3) is 0 Å². The predicted molar refractivity (Wildman–Crippen MR) is 102 cm³/mol. The SMILES string of the molecule is CCOC(=O)CCC(Cc1ccc(OC)cc1)/C1=C/CCCCCC1. The van der Waals surface area contributed by atoms with Gasteiger partial charge < -0.3 is 9.47 Å². The molecule has 3 heteroatoms. The molecule has 2 rings (SSSR count). The van der Waals surface area contributed by atoms with Crippen LogP contribution in [0.2, 0.25) is 0 Å². The van der Waals surface area contributed by atoms with Crippen molar-refractivity contribution in [2.45, 2.75) is 64.7 Å². The Balaban J connectivity index is 2.07. The summed E-state index contributed by atoms with van der Waals surface area (Å²) < 4.78 is 10.4. The Morgan fingerprint density at radius 2 is 1.88 bits per heavy atom. The van der Waals surface area contributed by atoms with E-state index in [4.69, 9.17) is 9.47 Å². The Morgan fingerprint density at radius 3 is 2.60 bits per heavy atom. The highest BCUT2D eigenvalue weighted by Gasteiger charge is 2.18. The van der Waals surface area contributed by atoms with Crippen LogP contribution in [0.5, 0.6) is 5.75 Å². The number of carbonyl (C=O) groups excluding carboxylic acids is 1. The molecule has 0 amide bonds. The van der Waals surface area contributed by atoms with Crippen LogP contribution in [0.4, 0.5) is 0 Å². The first kappa shape index (κ1) is 19.6. The third-order valence-corrected chi connectivity index (χ3v) is 4.99. The van der Waals surface area contributed by atoms with Gasteiger partial charge in [0.1, 0.15) is 5.75 Å². The van der Waals surface area contributed by atoms with E-state index in [2.05, 4.69) is 18.2 Å². The topological polar surface area (TPSA) is 35.5 Å². The first-order chi connectivity index (χ1) is 12.2. The van der Waals surface area contributed by atoms with Gasteiger partial charge in [0.2, 0.25) is 0 Å². The lowest BCUT2D eigenvalue weighted by atomic mass is 9.83. The van der Waals surface area contributed by atoms with Crippen LogP contribution in [-0.4, -0.2) is 19.7 Å². The van der Waals surface area contributed by atoms with Gasteiger partial charge in [-0.1, -0.05) is 36.6 Å². The Bertz CT molecular complexity index is 545. The van der Waals surface area contributed by atoms with Crippen LogP contribution in [0.3, 0.4) is 0 Å². The largest absolute Gasteiger partial charge is 0.497 e. The minimum Gasteiger partial charge on any atom is -0.497 e. The van der Waals surface area contributed by atoms with Gasteiger partial charge in [-0.25, -0.2) is 0 Å². The van der Waals surface area contributed by atoms with E-state index in [9.17, 15) is 4.79 Å². The second-order valence-corrected chi connectivity index (χ2v) is 6.82. The second-order valence-electron chi connectivity index (χ2n) is 6.82. The molecule has 0 heterocycles. The highest BCUT2D eigenvalue weighted by Crippen LogP contribution is 2.29. The first-order valence-electron chi connectivity index (χ1n) is 9.70. The standard InChI is InChI=1S/C22H32O3/c1-3-25-22(23)16-13-20(19-9-7-5-4-6-8-10-19)17-18-11-14-21(24-2)15-12-18/h9,11-12,14-15,20H,3-8,10,13,16-17H2,1-2H3/b19-9+. The molecular formula is C22H32O3. The summed E-state index contributed by atoms with van der Waals surface area (Å²) in [6.45, 7) is 2.33. The van der Waals surface area contributed by atoms with Gasteiger partial charge >= 0.3 is 5.97 Å². The minimum absolute atomic E-state index is 0.0753. The maximum Gasteiger partial charge on any atom is 0.305 e. The van der Waals surface area contributed by atoms with Crippen molar-refractivity contribution in [1.82, 2.24) is 0 Å². The molecule has 1 aliphatic rings. The molecule has 25 heavy (non-hydrogen) atoms. The van der Waals surface area contributed by atoms with Crippen LogP contribution in [-0.2, 0) is 16.0 Å². The summed E-state index contributed by atoms with van der Waals surface area (Å²) in [6, 6.07) is 8.31. The van der Waals surface area contributed by atoms with E-state index in [0.29, 0.717) is 18.9 Å². The summed E-state index contributed by atoms with van der Waals surface area (Å²) in [5.41, 5.74) is 2.84. The van der Waals surface area contributed by atoms with Crippen LogP contribution < -0.4 is 4.74 Å². The number of rotatable bonds is 8. The van der Waals surface area contributed by atoms with E-state index in [0.717, 1.165) is 18.6 Å². The summed E-state index contributed by atoms with van der Waals surface area (Å²) >= 11 is 0. The number of esters is 1. The maximum absolute atomic E-state index is 11.8. The van der Waals surface area contributed by atoms with Crippen molar-refractivity contribution in [3.8, 4) is 5.75 Å². The molecule has 138 valence electrons. The van der Waals surface area contributed by atoms with Gasteiger partial charge in [-0.2, -0.15) is 0 Å². The third-order valence-electron chi connectivity index (χ3n) is 4.99. The molecule has 1 aromatic rings. The van der Waals surface area contributed by atoms with E-state index >= 15 is 0 Å². The molecule has 0 fully saturated rings. The van der Waals surface area contributed by atoms with Crippen molar-refractivity contribution < 1.29 is 14.3 Å². The van der Waals surface area contributed by atoms with Crippen LogP contribution in [0, 0.1) is 5.92 Å². The van der Waals surface area contributed by atoms with E-state index in [-0.39, 0.29) is 5.97 Å². The zero-order valence-corrected chi connectivity index (χ0v) is 15.8. The summed E-state index contributed by atoms with van der Waals surface area (Å²) in [7, 11) is 1.69. The predicted octanol–water partition coefficient (Wildman–Crippen LogP) is 5.48. The molecule has 0 spiro atoms. The van der Waals surface area contributed by atoms with E-state index in [1.54, 1.807) is 12.7 Å². The molecule has 1 aliphatic carbocycles. The summed E-state index contributed by atoms with van der Waals surface area (Å²) in [4.78, 5) is 11.8. The Hall–Kier alpha value is -1.77. The number of methoxy groups -OCH3 is 1. The molecule has 0 N–H and O–H groups in total. The van der Waals surface area contributed by atoms with Crippen LogP contribution >= 0.6 is 0 Å². The highest BCUT2D eigenvalue weighted by molar-refractivity contribution is 5.69. The van der Waals surface area contributed by atoms with Crippen molar-refractivity contribution in [2.24, 2.45) is 5.92 Å². The van der Waals surface area contributed by atoms with Gasteiger partial charge in [0.05, 0.1) is 13.7 Å². The summed E-state index contributed by atoms with van der Waals surface area (Å²) in [5.74, 6) is 1.24. The molecule has 1 aromatic carbocycles. The zero-order chi connectivity index (χ0) is 17.9. The molecular weight excluding hydrogens is 312 g/mol. The number of hydrogen-bond acceptors (Lipinski definition) is 3. The molecule has 1 unspecified atom stereocenters. The summed E-state index contributed by atoms with van der Waals surface area (Å²) in [6.07, 6.45) is 12.4. The fourth-order valence-electron chi connectivity index (χ4n) is 3.58. The fourth-order valence-corrected chi connectivity index (χ4v) is 3.58. The molecule has 0 aliphatic heterocycles. The smallest absolute Gasteiger partial charge is 0.305 e. The maximum atomic E-state index is 11.8. The van der Waals surface area contributed by atoms with Gasteiger partial charge in [-0.15, -0.1) is 0 Å². The molecule has 0 saturated heterocycles. The zero-order valence-electron chi connectivity index (χ0n) is 15.8. The molecule has 1 atom stereocenters. The normalized spacial score (nSPS) is 18.4. The fraction of sp³-hybridized carbons (Fsp3) is 0.591. The number of ether oxygens (including phenoxy) is 2. The van der Waals surface area contributed by atoms with Crippen LogP contribution in [0.1, 0.15) is 63.9 Å². The molecule has 0 aromatic heterocycles. The van der Waals surface area contributed by atoms with Gasteiger partial charge in [-0.3, -0.25) is 4.79 Å². The Morgan fingerprint density at radius 1 is 1.12 bits per heavy atom. The first-order valence-corrected chi connectivity index (χ1v) is 9.70. The average molecular weight is 344 g/mol. The third kappa shape index (κ3) is 6.93. The van der Waals surface area contributed by atoms with Crippen molar-refractivity contribution in [3.63, 3.8) is 0 Å². The van der Waals surface area contributed by atoms with Crippen molar-refractivity contribution in [3.05, 3.63) is 41.5 Å². The van der Waals surface area contributed by atoms with Crippen molar-refractivity contribution in [2.75, 3.05) is 13.7 Å². The quantitative estimate of drug-likeness (QED) is 0.463. The Labute approximate surface area is 152 Å². The van der Waals surface area contributed by atoms with E-state index in [1.165, 1.54) is 44.1 Å². The van der Waals surface area contributed by atoms with Crippen molar-refractivity contribution >= 4 is 5.97 Å². The average Bonchev–Trinajstić information content (AvgIpc) is 2.59. The lowest BCUT2D eigenvalue weighted by Crippen LogP contribution is -2.13. The van der Waals surface area contributed by atoms with E-state index < -0.39 is 0 Å². The Kier molecular flexibility index (Phi) is 8.58.